The highest BCUT2D eigenvalue weighted by Crippen LogP contribution is 2.24. The number of nitrogens with two attached hydrogens (primary N) is 1. The normalized spacial score (nSPS) is 16.7. The van der Waals surface area contributed by atoms with Crippen molar-refractivity contribution in [3.63, 3.8) is 0 Å². The van der Waals surface area contributed by atoms with Gasteiger partial charge in [-0.15, -0.1) is 12.4 Å². The predicted molar refractivity (Wildman–Crippen MR) is 185 cm³/mol. The fraction of sp³-hybridized carbons (Fsp3) is 0.743. The van der Waals surface area contributed by atoms with Crippen LogP contribution in [-0.4, -0.2) is 92.8 Å². The second kappa shape index (κ2) is 22.4. The van der Waals surface area contributed by atoms with Crippen LogP contribution in [0.5, 0.6) is 5.75 Å². The van der Waals surface area contributed by atoms with Crippen molar-refractivity contribution in [2.45, 2.75) is 85.3 Å². The zero-order chi connectivity index (χ0) is 33.4. The van der Waals surface area contributed by atoms with E-state index in [9.17, 15) is 19.5 Å². The van der Waals surface area contributed by atoms with Crippen molar-refractivity contribution in [2.24, 2.45) is 35.3 Å². The summed E-state index contributed by atoms with van der Waals surface area (Å²) in [5.74, 6) is 0.648. The number of carbonyl (C=O) groups excluding carboxylic acids is 3. The summed E-state index contributed by atoms with van der Waals surface area (Å²) in [6.45, 7) is 14.4. The third-order valence-electron chi connectivity index (χ3n) is 9.20. The van der Waals surface area contributed by atoms with E-state index in [0.29, 0.717) is 44.0 Å². The van der Waals surface area contributed by atoms with E-state index in [1.807, 2.05) is 26.0 Å². The number of hydrogen-bond acceptors (Lipinski definition) is 8. The number of hydrogen-bond donors (Lipinski definition) is 4. The van der Waals surface area contributed by atoms with Crippen molar-refractivity contribution in [3.8, 4) is 5.75 Å². The van der Waals surface area contributed by atoms with Crippen molar-refractivity contribution in [2.75, 3.05) is 53.0 Å². The molecule has 1 aromatic carbocycles. The highest BCUT2D eigenvalue weighted by Gasteiger charge is 2.30. The molecule has 46 heavy (non-hydrogen) atoms. The molecule has 1 heterocycles. The third kappa shape index (κ3) is 14.7. The Kier molecular flexibility index (Phi) is 20.3. The molecule has 1 fully saturated rings. The van der Waals surface area contributed by atoms with Crippen LogP contribution in [0.15, 0.2) is 24.3 Å². The van der Waals surface area contributed by atoms with Crippen LogP contribution in [0.1, 0.15) is 83.5 Å². The monoisotopic (exact) mass is 668 g/mol. The largest absolute Gasteiger partial charge is 0.493 e. The quantitative estimate of drug-likeness (QED) is 0.144. The summed E-state index contributed by atoms with van der Waals surface area (Å²) in [4.78, 5) is 40.1. The van der Waals surface area contributed by atoms with Gasteiger partial charge in [-0.25, -0.2) is 0 Å². The number of carbonyl (C=O) groups is 3. The molecule has 10 nitrogen and oxygen atoms in total. The molecule has 264 valence electrons. The molecular formula is C35H61ClN4O6. The van der Waals surface area contributed by atoms with Gasteiger partial charge in [-0.2, -0.15) is 0 Å². The van der Waals surface area contributed by atoms with Gasteiger partial charge in [0.15, 0.2) is 0 Å². The second-order valence-corrected chi connectivity index (χ2v) is 13.3. The molecule has 1 saturated heterocycles. The molecule has 2 amide bonds. The Balaban J connectivity index is 0.0000106. The van der Waals surface area contributed by atoms with E-state index in [-0.39, 0.29) is 66.0 Å². The number of benzene rings is 1. The number of rotatable bonds is 21. The van der Waals surface area contributed by atoms with E-state index in [1.165, 1.54) is 0 Å². The van der Waals surface area contributed by atoms with Gasteiger partial charge in [0.05, 0.1) is 18.3 Å². The number of amides is 2. The maximum atomic E-state index is 13.1. The van der Waals surface area contributed by atoms with Gasteiger partial charge >= 0.3 is 0 Å². The summed E-state index contributed by atoms with van der Waals surface area (Å²) in [5.41, 5.74) is 7.00. The van der Waals surface area contributed by atoms with Gasteiger partial charge in [0.25, 0.3) is 5.91 Å². The smallest absolute Gasteiger partial charge is 0.255 e. The van der Waals surface area contributed by atoms with Crippen LogP contribution < -0.4 is 21.1 Å². The standard InChI is InChI=1S/C35H60N4O6.ClH/c1-24(2)28(23-38-34(42)29-11-7-8-12-33(29)45-20-10-9-19-44-6)21-31(36)32(41)22-30(25(3)4)35(43)37-15-18-39-16-13-27(14-17-39)26(5)40;/h7-8,11-12,24-25,27-28,30-32,41H,9-10,13-23,36H2,1-6H3,(H,37,43)(H,38,42);1H. The minimum Gasteiger partial charge on any atom is -0.493 e. The Bertz CT molecular complexity index is 1030. The molecule has 5 N–H and O–H groups in total. The molecule has 4 unspecified atom stereocenters. The van der Waals surface area contributed by atoms with Gasteiger partial charge < -0.3 is 35.8 Å². The molecule has 0 saturated carbocycles. The number of nitrogens with one attached hydrogen (secondary N) is 2. The lowest BCUT2D eigenvalue weighted by molar-refractivity contribution is -0.127. The molecule has 2 rings (SSSR count). The van der Waals surface area contributed by atoms with Crippen LogP contribution >= 0.6 is 12.4 Å². The average molecular weight is 669 g/mol. The number of likely N-dealkylation sites (tertiary alicyclic amines) is 1. The van der Waals surface area contributed by atoms with Crippen molar-refractivity contribution in [1.29, 1.82) is 0 Å². The predicted octanol–water partition coefficient (Wildman–Crippen LogP) is 4.07. The summed E-state index contributed by atoms with van der Waals surface area (Å²) < 4.78 is 11.0. The number of piperidine rings is 1. The molecule has 0 bridgehead atoms. The molecule has 0 radical (unpaired) electrons. The number of aliphatic hydroxyl groups is 1. The number of ether oxygens (including phenoxy) is 2. The van der Waals surface area contributed by atoms with E-state index < -0.39 is 12.1 Å². The number of Topliss-reactive ketones (excluding diaryl/α,β-unsaturated/α-hetero) is 1. The zero-order valence-corrected chi connectivity index (χ0v) is 29.8. The Hall–Kier alpha value is -2.24. The third-order valence-corrected chi connectivity index (χ3v) is 9.20. The summed E-state index contributed by atoms with van der Waals surface area (Å²) in [6, 6.07) is 6.70. The van der Waals surface area contributed by atoms with Crippen molar-refractivity contribution in [1.82, 2.24) is 15.5 Å². The Morgan fingerprint density at radius 2 is 1.65 bits per heavy atom. The first kappa shape index (κ1) is 41.8. The topological polar surface area (TPSA) is 143 Å². The molecule has 1 aromatic rings. The fourth-order valence-corrected chi connectivity index (χ4v) is 5.88. The number of halogens is 1. The van der Waals surface area contributed by atoms with Crippen molar-refractivity contribution in [3.05, 3.63) is 29.8 Å². The summed E-state index contributed by atoms with van der Waals surface area (Å²) in [5, 5.41) is 17.2. The number of ketones is 1. The Morgan fingerprint density at radius 3 is 2.26 bits per heavy atom. The summed E-state index contributed by atoms with van der Waals surface area (Å²) in [6.07, 6.45) is 3.42. The van der Waals surface area contributed by atoms with Crippen LogP contribution in [-0.2, 0) is 14.3 Å². The van der Waals surface area contributed by atoms with Gasteiger partial charge in [0.1, 0.15) is 11.5 Å². The van der Waals surface area contributed by atoms with Crippen molar-refractivity contribution < 1.29 is 29.0 Å². The van der Waals surface area contributed by atoms with Gasteiger partial charge in [-0.3, -0.25) is 14.4 Å². The van der Waals surface area contributed by atoms with E-state index >= 15 is 0 Å². The second-order valence-electron chi connectivity index (χ2n) is 13.3. The summed E-state index contributed by atoms with van der Waals surface area (Å²) >= 11 is 0. The molecule has 1 aliphatic heterocycles. The molecule has 0 spiro atoms. The van der Waals surface area contributed by atoms with Crippen LogP contribution in [0, 0.1) is 29.6 Å². The molecule has 0 aliphatic carbocycles. The van der Waals surface area contributed by atoms with E-state index in [1.54, 1.807) is 26.2 Å². The van der Waals surface area contributed by atoms with Crippen LogP contribution in [0.2, 0.25) is 0 Å². The first-order valence-corrected chi connectivity index (χ1v) is 16.9. The minimum absolute atomic E-state index is 0. The highest BCUT2D eigenvalue weighted by atomic mass is 35.5. The minimum atomic E-state index is -0.849. The lowest BCUT2D eigenvalue weighted by Crippen LogP contribution is -2.45. The van der Waals surface area contributed by atoms with Crippen LogP contribution in [0.25, 0.3) is 0 Å². The molecule has 11 heteroatoms. The molecular weight excluding hydrogens is 608 g/mol. The van der Waals surface area contributed by atoms with Crippen molar-refractivity contribution >= 4 is 30.0 Å². The Labute approximate surface area is 283 Å². The first-order chi connectivity index (χ1) is 21.4. The van der Waals surface area contributed by atoms with Crippen LogP contribution in [0.4, 0.5) is 0 Å². The van der Waals surface area contributed by atoms with E-state index in [0.717, 1.165) is 45.3 Å². The van der Waals surface area contributed by atoms with Gasteiger partial charge in [-0.1, -0.05) is 39.8 Å². The maximum absolute atomic E-state index is 13.1. The lowest BCUT2D eigenvalue weighted by Gasteiger charge is -2.31. The number of para-hydroxylation sites is 1. The molecule has 0 aromatic heterocycles. The number of unbranched alkanes of at least 4 members (excludes halogenated alkanes) is 1. The highest BCUT2D eigenvalue weighted by molar-refractivity contribution is 5.96. The SMILES string of the molecule is COCCCCOc1ccccc1C(=O)NCC(CC(N)C(O)CC(C(=O)NCCN1CCC(C(C)=O)CC1)C(C)C)C(C)C.Cl. The van der Waals surface area contributed by atoms with E-state index in [2.05, 4.69) is 29.4 Å². The number of aliphatic hydroxyl groups excluding tert-OH is 1. The molecule has 1 aliphatic rings. The zero-order valence-electron chi connectivity index (χ0n) is 29.0. The Morgan fingerprint density at radius 1 is 1.00 bits per heavy atom. The van der Waals surface area contributed by atoms with Gasteiger partial charge in [0.2, 0.25) is 5.91 Å². The summed E-state index contributed by atoms with van der Waals surface area (Å²) in [7, 11) is 1.67. The first-order valence-electron chi connectivity index (χ1n) is 16.9. The lowest BCUT2D eigenvalue weighted by atomic mass is 9.83. The number of methoxy groups -OCH3 is 1. The van der Waals surface area contributed by atoms with E-state index in [4.69, 9.17) is 15.2 Å². The van der Waals surface area contributed by atoms with Crippen LogP contribution in [0.3, 0.4) is 0 Å². The molecule has 4 atom stereocenters. The average Bonchev–Trinajstić information content (AvgIpc) is 3.01. The maximum Gasteiger partial charge on any atom is 0.255 e. The van der Waals surface area contributed by atoms with Gasteiger partial charge in [0, 0.05) is 51.2 Å². The van der Waals surface area contributed by atoms with Gasteiger partial charge in [-0.05, 0) is 88.4 Å². The fourth-order valence-electron chi connectivity index (χ4n) is 5.88. The number of nitrogens with zero attached hydrogens (tertiary/aromatic N) is 1.